The Kier molecular flexibility index (Phi) is 9.06. The van der Waals surface area contributed by atoms with Crippen molar-refractivity contribution in [3.8, 4) is 11.5 Å². The minimum Gasteiger partial charge on any atom is -0.494 e. The van der Waals surface area contributed by atoms with Gasteiger partial charge in [-0.25, -0.2) is 0 Å². The fourth-order valence-electron chi connectivity index (χ4n) is 4.91. The largest absolute Gasteiger partial charge is 0.494 e. The summed E-state index contributed by atoms with van der Waals surface area (Å²) in [6.07, 6.45) is 5.05. The Morgan fingerprint density at radius 1 is 0.919 bits per heavy atom. The summed E-state index contributed by atoms with van der Waals surface area (Å²) in [5.74, 6) is 1.70. The second-order valence-electron chi connectivity index (χ2n) is 10.5. The van der Waals surface area contributed by atoms with Gasteiger partial charge < -0.3 is 19.1 Å². The van der Waals surface area contributed by atoms with E-state index in [2.05, 4.69) is 30.0 Å². The Balaban J connectivity index is 1.21. The first-order valence-corrected chi connectivity index (χ1v) is 13.3. The van der Waals surface area contributed by atoms with Gasteiger partial charge in [-0.1, -0.05) is 35.9 Å². The van der Waals surface area contributed by atoms with E-state index in [0.29, 0.717) is 26.2 Å². The van der Waals surface area contributed by atoms with E-state index in [9.17, 15) is 9.90 Å². The summed E-state index contributed by atoms with van der Waals surface area (Å²) in [4.78, 5) is 14.3. The Hall–Kier alpha value is -3.09. The van der Waals surface area contributed by atoms with Gasteiger partial charge in [0.25, 0.3) is 5.56 Å². The highest BCUT2D eigenvalue weighted by molar-refractivity contribution is 5.35. The predicted molar refractivity (Wildman–Crippen MR) is 147 cm³/mol. The average Bonchev–Trinajstić information content (AvgIpc) is 3.06. The molecule has 2 heterocycles. The maximum absolute atomic E-state index is 11.9. The fraction of sp³-hybridized carbons (Fsp3) is 0.452. The van der Waals surface area contributed by atoms with E-state index in [4.69, 9.17) is 9.47 Å². The van der Waals surface area contributed by atoms with Crippen LogP contribution in [0, 0.1) is 20.8 Å². The van der Waals surface area contributed by atoms with Crippen LogP contribution < -0.4 is 15.0 Å². The normalized spacial score (nSPS) is 18.4. The lowest BCUT2D eigenvalue weighted by Gasteiger charge is -2.27. The molecule has 1 N–H and O–H groups in total. The van der Waals surface area contributed by atoms with Crippen LogP contribution in [0.3, 0.4) is 0 Å². The summed E-state index contributed by atoms with van der Waals surface area (Å²) in [7, 11) is 0. The molecule has 198 valence electrons. The Morgan fingerprint density at radius 3 is 2.49 bits per heavy atom. The van der Waals surface area contributed by atoms with Crippen molar-refractivity contribution >= 4 is 0 Å². The molecule has 0 unspecified atom stereocenters. The molecule has 1 atom stereocenters. The average molecular weight is 505 g/mol. The Labute approximate surface area is 220 Å². The number of hydrogen-bond acceptors (Lipinski definition) is 5. The van der Waals surface area contributed by atoms with Crippen molar-refractivity contribution in [1.82, 2.24) is 9.47 Å². The molecule has 4 rings (SSSR count). The van der Waals surface area contributed by atoms with E-state index in [1.165, 1.54) is 11.1 Å². The molecule has 3 aromatic rings. The van der Waals surface area contributed by atoms with Gasteiger partial charge in [-0.3, -0.25) is 9.69 Å². The molecule has 1 fully saturated rings. The van der Waals surface area contributed by atoms with Gasteiger partial charge in [-0.05, 0) is 87.9 Å². The lowest BCUT2D eigenvalue weighted by atomic mass is 9.96. The highest BCUT2D eigenvalue weighted by atomic mass is 16.5. The molecule has 1 saturated heterocycles. The molecule has 1 aliphatic heterocycles. The zero-order chi connectivity index (χ0) is 26.3. The number of aliphatic hydroxyl groups is 1. The van der Waals surface area contributed by atoms with Gasteiger partial charge in [0.1, 0.15) is 18.1 Å². The van der Waals surface area contributed by atoms with Gasteiger partial charge in [0.05, 0.1) is 12.2 Å². The molecule has 1 aliphatic rings. The van der Waals surface area contributed by atoms with E-state index < -0.39 is 5.60 Å². The van der Waals surface area contributed by atoms with Crippen LogP contribution in [0.5, 0.6) is 11.5 Å². The molecule has 0 bridgehead atoms. The van der Waals surface area contributed by atoms with E-state index in [1.807, 2.05) is 50.4 Å². The molecule has 37 heavy (non-hydrogen) atoms. The molecule has 6 nitrogen and oxygen atoms in total. The fourth-order valence-corrected chi connectivity index (χ4v) is 4.91. The van der Waals surface area contributed by atoms with Crippen molar-refractivity contribution in [3.63, 3.8) is 0 Å². The van der Waals surface area contributed by atoms with E-state index >= 15 is 0 Å². The summed E-state index contributed by atoms with van der Waals surface area (Å²) in [5, 5.41) is 11.2. The number of benzene rings is 2. The van der Waals surface area contributed by atoms with Crippen LogP contribution in [0.2, 0.25) is 0 Å². The van der Waals surface area contributed by atoms with Crippen LogP contribution in [0.4, 0.5) is 0 Å². The minimum absolute atomic E-state index is 0.0239. The molecule has 0 aliphatic carbocycles. The number of nitrogens with zero attached hydrogens (tertiary/aromatic N) is 2. The second kappa shape index (κ2) is 12.4. The van der Waals surface area contributed by atoms with Crippen LogP contribution in [0.15, 0.2) is 65.6 Å². The maximum Gasteiger partial charge on any atom is 0.250 e. The highest BCUT2D eigenvalue weighted by Gasteiger charge is 2.31. The van der Waals surface area contributed by atoms with Gasteiger partial charge in [0.15, 0.2) is 0 Å². The van der Waals surface area contributed by atoms with E-state index in [-0.39, 0.29) is 5.56 Å². The van der Waals surface area contributed by atoms with Crippen LogP contribution in [-0.4, -0.2) is 46.5 Å². The SMILES string of the molecule is Cc1ccc(OC[C@]2(O)CCCN(Cc3ccc(OCCCn4cc(C)ccc4=O)cc3)CC2)c(C)c1. The topological polar surface area (TPSA) is 63.9 Å². The second-order valence-corrected chi connectivity index (χ2v) is 10.5. The Bertz CT molecular complexity index is 1220. The first kappa shape index (κ1) is 27.0. The smallest absolute Gasteiger partial charge is 0.250 e. The van der Waals surface area contributed by atoms with Crippen molar-refractivity contribution < 1.29 is 14.6 Å². The number of aryl methyl sites for hydroxylation is 4. The standard InChI is InChI=1S/C31H40N2O4/c1-24-6-12-29(26(3)20-24)37-23-31(35)14-4-16-32(18-15-31)22-27-8-10-28(11-9-27)36-19-5-17-33-21-25(2)7-13-30(33)34/h6-13,20-21,35H,4-5,14-19,22-23H2,1-3H3/t31-/m0/s1. The van der Waals surface area contributed by atoms with Gasteiger partial charge in [-0.2, -0.15) is 0 Å². The van der Waals surface area contributed by atoms with Gasteiger partial charge in [0, 0.05) is 31.9 Å². The highest BCUT2D eigenvalue weighted by Crippen LogP contribution is 2.27. The summed E-state index contributed by atoms with van der Waals surface area (Å²) >= 11 is 0. The van der Waals surface area contributed by atoms with Crippen molar-refractivity contribution in [2.45, 2.75) is 65.1 Å². The number of pyridine rings is 1. The third kappa shape index (κ3) is 7.94. The zero-order valence-electron chi connectivity index (χ0n) is 22.4. The summed E-state index contributed by atoms with van der Waals surface area (Å²) in [5.41, 5.74) is 3.85. The molecular weight excluding hydrogens is 464 g/mol. The lowest BCUT2D eigenvalue weighted by Crippen LogP contribution is -2.37. The summed E-state index contributed by atoms with van der Waals surface area (Å²) in [6, 6.07) is 17.9. The van der Waals surface area contributed by atoms with Crippen molar-refractivity contribution in [1.29, 1.82) is 0 Å². The van der Waals surface area contributed by atoms with Gasteiger partial charge >= 0.3 is 0 Å². The third-order valence-corrected chi connectivity index (χ3v) is 7.11. The molecule has 2 aromatic carbocycles. The minimum atomic E-state index is -0.798. The Morgan fingerprint density at radius 2 is 1.70 bits per heavy atom. The quantitative estimate of drug-likeness (QED) is 0.392. The van der Waals surface area contributed by atoms with Crippen LogP contribution in [0.1, 0.15) is 47.9 Å². The molecule has 1 aromatic heterocycles. The number of aromatic nitrogens is 1. The predicted octanol–water partition coefficient (Wildman–Crippen LogP) is 5.04. The molecule has 6 heteroatoms. The number of rotatable bonds is 10. The summed E-state index contributed by atoms with van der Waals surface area (Å²) in [6.45, 7) is 10.3. The van der Waals surface area contributed by atoms with Crippen LogP contribution in [0.25, 0.3) is 0 Å². The number of ether oxygens (including phenoxy) is 2. The lowest BCUT2D eigenvalue weighted by molar-refractivity contribution is -0.0170. The van der Waals surface area contributed by atoms with Gasteiger partial charge in [-0.15, -0.1) is 0 Å². The van der Waals surface area contributed by atoms with Crippen molar-refractivity contribution in [2.75, 3.05) is 26.3 Å². The van der Waals surface area contributed by atoms with Crippen LogP contribution >= 0.6 is 0 Å². The zero-order valence-corrected chi connectivity index (χ0v) is 22.4. The van der Waals surface area contributed by atoms with E-state index in [0.717, 1.165) is 61.5 Å². The molecule has 0 saturated carbocycles. The number of likely N-dealkylation sites (tertiary alicyclic amines) is 1. The number of hydrogen-bond donors (Lipinski definition) is 1. The van der Waals surface area contributed by atoms with Gasteiger partial charge in [0.2, 0.25) is 0 Å². The molecule has 0 amide bonds. The molecule has 0 radical (unpaired) electrons. The van der Waals surface area contributed by atoms with Crippen molar-refractivity contribution in [3.05, 3.63) is 93.4 Å². The first-order valence-electron chi connectivity index (χ1n) is 13.3. The van der Waals surface area contributed by atoms with Crippen molar-refractivity contribution in [2.24, 2.45) is 0 Å². The monoisotopic (exact) mass is 504 g/mol. The summed E-state index contributed by atoms with van der Waals surface area (Å²) < 4.78 is 13.7. The van der Waals surface area contributed by atoms with E-state index in [1.54, 1.807) is 10.6 Å². The third-order valence-electron chi connectivity index (χ3n) is 7.11. The maximum atomic E-state index is 11.9. The molecule has 0 spiro atoms. The van der Waals surface area contributed by atoms with Crippen LogP contribution in [-0.2, 0) is 13.1 Å². The first-order chi connectivity index (χ1) is 17.8. The molecular formula is C31H40N2O4.